The summed E-state index contributed by atoms with van der Waals surface area (Å²) in [7, 11) is 0. The van der Waals surface area contributed by atoms with Gasteiger partial charge in [-0.15, -0.1) is 0 Å². The van der Waals surface area contributed by atoms with Gasteiger partial charge in [-0.3, -0.25) is 4.79 Å². The quantitative estimate of drug-likeness (QED) is 0.840. The van der Waals surface area contributed by atoms with Crippen LogP contribution in [0.2, 0.25) is 5.02 Å². The maximum absolute atomic E-state index is 12.7. The fraction of sp³-hybridized carbons (Fsp3) is 0.176. The minimum atomic E-state index is -4.53. The van der Waals surface area contributed by atoms with E-state index in [4.69, 9.17) is 11.6 Å². The highest BCUT2D eigenvalue weighted by Gasteiger charge is 2.31. The molecule has 1 amide bonds. The van der Waals surface area contributed by atoms with Gasteiger partial charge < -0.3 is 10.4 Å². The van der Waals surface area contributed by atoms with Gasteiger partial charge in [0, 0.05) is 6.42 Å². The van der Waals surface area contributed by atoms with Crippen molar-refractivity contribution in [3.05, 3.63) is 70.2 Å². The average Bonchev–Trinajstić information content (AvgIpc) is 2.54. The minimum absolute atomic E-state index is 0.0828. The molecule has 2 N–H and O–H groups in total. The van der Waals surface area contributed by atoms with Crippen molar-refractivity contribution in [3.63, 3.8) is 0 Å². The summed E-state index contributed by atoms with van der Waals surface area (Å²) in [6, 6.07) is 8.96. The molecule has 2 aromatic carbocycles. The van der Waals surface area contributed by atoms with Crippen molar-refractivity contribution in [2.24, 2.45) is 0 Å². The second-order valence-corrected chi connectivity index (χ2v) is 5.65. The lowest BCUT2D eigenvalue weighted by molar-refractivity contribution is -0.139. The SMILES string of the molecule is O=C(N[C@H](Cc1cccc(C(F)(F)F)c1)C(=O)O)c1ccccc1Cl. The molecule has 0 aliphatic heterocycles. The Labute approximate surface area is 146 Å². The molecule has 25 heavy (non-hydrogen) atoms. The Bertz CT molecular complexity index is 793. The number of hydrogen-bond donors (Lipinski definition) is 2. The highest BCUT2D eigenvalue weighted by molar-refractivity contribution is 6.33. The van der Waals surface area contributed by atoms with Crippen molar-refractivity contribution in [1.29, 1.82) is 0 Å². The lowest BCUT2D eigenvalue weighted by atomic mass is 10.0. The zero-order chi connectivity index (χ0) is 18.6. The molecular formula is C17H13ClF3NO3. The molecule has 0 bridgehead atoms. The first kappa shape index (κ1) is 18.8. The number of carbonyl (C=O) groups is 2. The van der Waals surface area contributed by atoms with Crippen LogP contribution in [0.1, 0.15) is 21.5 Å². The molecule has 132 valence electrons. The Morgan fingerprint density at radius 3 is 2.40 bits per heavy atom. The van der Waals surface area contributed by atoms with Gasteiger partial charge in [-0.1, -0.05) is 41.9 Å². The van der Waals surface area contributed by atoms with E-state index in [9.17, 15) is 27.9 Å². The van der Waals surface area contributed by atoms with Crippen molar-refractivity contribution in [2.45, 2.75) is 18.6 Å². The van der Waals surface area contributed by atoms with Crippen LogP contribution in [0.5, 0.6) is 0 Å². The summed E-state index contributed by atoms with van der Waals surface area (Å²) in [5.74, 6) is -2.08. The number of amides is 1. The van der Waals surface area contributed by atoms with Crippen LogP contribution in [0.25, 0.3) is 0 Å². The van der Waals surface area contributed by atoms with Crippen molar-refractivity contribution in [1.82, 2.24) is 5.32 Å². The van der Waals surface area contributed by atoms with Crippen LogP contribution in [-0.2, 0) is 17.4 Å². The molecule has 4 nitrogen and oxygen atoms in total. The van der Waals surface area contributed by atoms with Crippen LogP contribution in [0.4, 0.5) is 13.2 Å². The fourth-order valence-electron chi connectivity index (χ4n) is 2.19. The van der Waals surface area contributed by atoms with E-state index in [0.29, 0.717) is 0 Å². The molecule has 0 saturated carbocycles. The average molecular weight is 372 g/mol. The molecular weight excluding hydrogens is 359 g/mol. The van der Waals surface area contributed by atoms with E-state index in [1.54, 1.807) is 12.1 Å². The predicted octanol–water partition coefficient (Wildman–Crippen LogP) is 3.78. The smallest absolute Gasteiger partial charge is 0.416 e. The Morgan fingerprint density at radius 1 is 1.12 bits per heavy atom. The summed E-state index contributed by atoms with van der Waals surface area (Å²) in [6.45, 7) is 0. The number of hydrogen-bond acceptors (Lipinski definition) is 2. The van der Waals surface area contributed by atoms with Gasteiger partial charge in [0.25, 0.3) is 5.91 Å². The second-order valence-electron chi connectivity index (χ2n) is 5.25. The zero-order valence-corrected chi connectivity index (χ0v) is 13.4. The molecule has 0 fully saturated rings. The van der Waals surface area contributed by atoms with Crippen LogP contribution in [-0.4, -0.2) is 23.0 Å². The molecule has 8 heteroatoms. The Balaban J connectivity index is 2.18. The van der Waals surface area contributed by atoms with Crippen molar-refractivity contribution >= 4 is 23.5 Å². The Hall–Kier alpha value is -2.54. The third-order valence-corrected chi connectivity index (χ3v) is 3.75. The number of halogens is 4. The van der Waals surface area contributed by atoms with Gasteiger partial charge in [-0.2, -0.15) is 13.2 Å². The van der Waals surface area contributed by atoms with E-state index < -0.39 is 29.7 Å². The second kappa shape index (κ2) is 7.57. The molecule has 1 atom stereocenters. The Kier molecular flexibility index (Phi) is 5.69. The standard InChI is InChI=1S/C17H13ClF3NO3/c18-13-7-2-1-6-12(13)15(23)22-14(16(24)25)9-10-4-3-5-11(8-10)17(19,20)21/h1-8,14H,9H2,(H,22,23)(H,24,25)/t14-/m1/s1. The summed E-state index contributed by atoms with van der Waals surface area (Å²) in [5.41, 5.74) is -0.660. The topological polar surface area (TPSA) is 66.4 Å². The first-order valence-electron chi connectivity index (χ1n) is 7.13. The summed E-state index contributed by atoms with van der Waals surface area (Å²) in [6.07, 6.45) is -4.83. The van der Waals surface area contributed by atoms with Gasteiger partial charge in [0.1, 0.15) is 6.04 Å². The lowest BCUT2D eigenvalue weighted by Crippen LogP contribution is -2.42. The van der Waals surface area contributed by atoms with Gasteiger partial charge in [0.05, 0.1) is 16.1 Å². The van der Waals surface area contributed by atoms with Gasteiger partial charge in [0.15, 0.2) is 0 Å². The maximum Gasteiger partial charge on any atom is 0.416 e. The van der Waals surface area contributed by atoms with Gasteiger partial charge >= 0.3 is 12.1 Å². The molecule has 0 saturated heterocycles. The molecule has 0 unspecified atom stereocenters. The molecule has 2 rings (SSSR count). The Morgan fingerprint density at radius 2 is 1.80 bits per heavy atom. The molecule has 2 aromatic rings. The van der Waals surface area contributed by atoms with Crippen molar-refractivity contribution < 1.29 is 27.9 Å². The number of alkyl halides is 3. The van der Waals surface area contributed by atoms with E-state index in [1.165, 1.54) is 24.3 Å². The third kappa shape index (κ3) is 4.96. The number of aliphatic carboxylic acids is 1. The predicted molar refractivity (Wildman–Crippen MR) is 85.5 cm³/mol. The van der Waals surface area contributed by atoms with Crippen molar-refractivity contribution in [2.75, 3.05) is 0 Å². The summed E-state index contributed by atoms with van der Waals surface area (Å²) < 4.78 is 38.2. The lowest BCUT2D eigenvalue weighted by Gasteiger charge is -2.16. The van der Waals surface area contributed by atoms with Crippen LogP contribution in [0, 0.1) is 0 Å². The molecule has 0 radical (unpaired) electrons. The number of carboxylic acids is 1. The highest BCUT2D eigenvalue weighted by atomic mass is 35.5. The molecule has 0 aromatic heterocycles. The normalized spacial score (nSPS) is 12.5. The molecule has 0 aliphatic rings. The van der Waals surface area contributed by atoms with E-state index in [-0.39, 0.29) is 22.6 Å². The summed E-state index contributed by atoms with van der Waals surface area (Å²) in [5, 5.41) is 11.7. The minimum Gasteiger partial charge on any atom is -0.480 e. The summed E-state index contributed by atoms with van der Waals surface area (Å²) in [4.78, 5) is 23.5. The monoisotopic (exact) mass is 371 g/mol. The summed E-state index contributed by atoms with van der Waals surface area (Å²) >= 11 is 5.88. The number of carboxylic acid groups (broad SMARTS) is 1. The number of nitrogens with one attached hydrogen (secondary N) is 1. The van der Waals surface area contributed by atoms with E-state index in [1.807, 2.05) is 0 Å². The van der Waals surface area contributed by atoms with Crippen LogP contribution in [0.3, 0.4) is 0 Å². The van der Waals surface area contributed by atoms with Gasteiger partial charge in [0.2, 0.25) is 0 Å². The largest absolute Gasteiger partial charge is 0.480 e. The van der Waals surface area contributed by atoms with Crippen LogP contribution in [0.15, 0.2) is 48.5 Å². The molecule has 0 spiro atoms. The molecule has 0 heterocycles. The van der Waals surface area contributed by atoms with E-state index in [2.05, 4.69) is 5.32 Å². The first-order chi connectivity index (χ1) is 11.7. The van der Waals surface area contributed by atoms with Gasteiger partial charge in [-0.05, 0) is 23.8 Å². The van der Waals surface area contributed by atoms with Crippen molar-refractivity contribution in [3.8, 4) is 0 Å². The van der Waals surface area contributed by atoms with Gasteiger partial charge in [-0.25, -0.2) is 4.79 Å². The van der Waals surface area contributed by atoms with Crippen LogP contribution >= 0.6 is 11.6 Å². The maximum atomic E-state index is 12.7. The van der Waals surface area contributed by atoms with E-state index in [0.717, 1.165) is 12.1 Å². The molecule has 0 aliphatic carbocycles. The number of carbonyl (C=O) groups excluding carboxylic acids is 1. The number of benzene rings is 2. The van der Waals surface area contributed by atoms with E-state index >= 15 is 0 Å². The third-order valence-electron chi connectivity index (χ3n) is 3.42. The number of rotatable bonds is 5. The van der Waals surface area contributed by atoms with Crippen LogP contribution < -0.4 is 5.32 Å². The zero-order valence-electron chi connectivity index (χ0n) is 12.7. The fourth-order valence-corrected chi connectivity index (χ4v) is 2.41. The first-order valence-corrected chi connectivity index (χ1v) is 7.50. The highest BCUT2D eigenvalue weighted by Crippen LogP contribution is 2.29.